The Hall–Kier alpha value is -3.92. The monoisotopic (exact) mass is 518 g/mol. The van der Waals surface area contributed by atoms with Crippen molar-refractivity contribution in [2.24, 2.45) is 5.92 Å². The number of hydrogen-bond donors (Lipinski definition) is 1. The minimum atomic E-state index is -2.36. The average molecular weight is 519 g/mol. The largest absolute Gasteiger partial charge is 0.476 e. The quantitative estimate of drug-likeness (QED) is 0.338. The normalized spacial score (nSPS) is 11.9. The minimum Gasteiger partial charge on any atom is -0.476 e. The lowest BCUT2D eigenvalue weighted by Gasteiger charge is -2.41. The summed E-state index contributed by atoms with van der Waals surface area (Å²) in [4.78, 5) is 64.0. The number of rotatable bonds is 6. The molecule has 1 atom stereocenters. The van der Waals surface area contributed by atoms with Crippen LogP contribution in [0.4, 0.5) is 4.79 Å². The van der Waals surface area contributed by atoms with Crippen LogP contribution in [0.5, 0.6) is 0 Å². The SMILES string of the molecule is CC(C)C(=O)OC(OC(=O)N(C(=O)c1ccc(Cl)cc1)N(C(=O)c1ccccc1)C(C)(C)C)C(=O)O. The number of halogens is 1. The topological polar surface area (TPSA) is 131 Å². The van der Waals surface area contributed by atoms with Gasteiger partial charge >= 0.3 is 24.3 Å². The van der Waals surface area contributed by atoms with Gasteiger partial charge in [-0.1, -0.05) is 43.6 Å². The van der Waals surface area contributed by atoms with Crippen LogP contribution in [0.1, 0.15) is 55.3 Å². The predicted octanol–water partition coefficient (Wildman–Crippen LogP) is 4.38. The first-order chi connectivity index (χ1) is 16.7. The summed E-state index contributed by atoms with van der Waals surface area (Å²) in [6.45, 7) is 7.61. The molecule has 36 heavy (non-hydrogen) atoms. The van der Waals surface area contributed by atoms with Crippen LogP contribution in [0.3, 0.4) is 0 Å². The molecule has 0 saturated heterocycles. The van der Waals surface area contributed by atoms with Gasteiger partial charge in [0.1, 0.15) is 0 Å². The van der Waals surface area contributed by atoms with Crippen molar-refractivity contribution < 1.29 is 38.6 Å². The fraction of sp³-hybridized carbons (Fsp3) is 0.320. The van der Waals surface area contributed by atoms with Crippen molar-refractivity contribution >= 4 is 41.4 Å². The van der Waals surface area contributed by atoms with E-state index in [-0.39, 0.29) is 11.1 Å². The smallest absolute Gasteiger partial charge is 0.440 e. The fourth-order valence-electron chi connectivity index (χ4n) is 2.88. The van der Waals surface area contributed by atoms with Crippen LogP contribution in [-0.2, 0) is 19.1 Å². The molecule has 0 spiro atoms. The number of imide groups is 1. The lowest BCUT2D eigenvalue weighted by molar-refractivity contribution is -0.191. The number of carbonyl (C=O) groups excluding carboxylic acids is 4. The molecular formula is C25H27ClN2O8. The van der Waals surface area contributed by atoms with Gasteiger partial charge in [-0.3, -0.25) is 14.4 Å². The molecule has 2 aromatic carbocycles. The number of hydrazine groups is 1. The number of carboxylic acid groups (broad SMARTS) is 1. The van der Waals surface area contributed by atoms with Crippen molar-refractivity contribution in [3.05, 3.63) is 70.7 Å². The number of hydrogen-bond acceptors (Lipinski definition) is 7. The Bertz CT molecular complexity index is 1130. The van der Waals surface area contributed by atoms with Gasteiger partial charge in [0.05, 0.1) is 11.5 Å². The first-order valence-corrected chi connectivity index (χ1v) is 11.2. The predicted molar refractivity (Wildman–Crippen MR) is 129 cm³/mol. The minimum absolute atomic E-state index is 0.0440. The van der Waals surface area contributed by atoms with E-state index < -0.39 is 47.6 Å². The Morgan fingerprint density at radius 2 is 1.36 bits per heavy atom. The van der Waals surface area contributed by atoms with E-state index in [1.807, 2.05) is 0 Å². The van der Waals surface area contributed by atoms with E-state index in [9.17, 15) is 29.1 Å². The molecule has 0 saturated carbocycles. The molecule has 0 bridgehead atoms. The van der Waals surface area contributed by atoms with Crippen molar-refractivity contribution in [3.63, 3.8) is 0 Å². The van der Waals surface area contributed by atoms with E-state index in [4.69, 9.17) is 21.1 Å². The number of benzene rings is 2. The summed E-state index contributed by atoms with van der Waals surface area (Å²) in [5, 5.41) is 11.0. The number of carboxylic acids is 1. The number of aliphatic carboxylic acids is 1. The Labute approximate surface area is 213 Å². The van der Waals surface area contributed by atoms with Gasteiger partial charge in [-0.05, 0) is 57.2 Å². The van der Waals surface area contributed by atoms with Crippen molar-refractivity contribution in [1.82, 2.24) is 10.0 Å². The standard InChI is InChI=1S/C25H27ClN2O8/c1-15(2)22(33)35-23(21(31)32)36-24(34)27(19(29)17-11-13-18(26)14-12-17)28(25(3,4)5)20(30)16-9-7-6-8-10-16/h6-15,23H,1-5H3,(H,31,32). The van der Waals surface area contributed by atoms with Crippen LogP contribution >= 0.6 is 11.6 Å². The van der Waals surface area contributed by atoms with Crippen molar-refractivity contribution in [3.8, 4) is 0 Å². The molecule has 0 heterocycles. The van der Waals surface area contributed by atoms with Crippen molar-refractivity contribution in [2.75, 3.05) is 0 Å². The maximum absolute atomic E-state index is 13.5. The molecule has 2 aromatic rings. The number of amides is 3. The molecule has 1 N–H and O–H groups in total. The Balaban J connectivity index is 2.59. The number of carbonyl (C=O) groups is 5. The van der Waals surface area contributed by atoms with Crippen molar-refractivity contribution in [2.45, 2.75) is 46.4 Å². The second-order valence-corrected chi connectivity index (χ2v) is 9.36. The van der Waals surface area contributed by atoms with Crippen LogP contribution in [0.15, 0.2) is 54.6 Å². The summed E-state index contributed by atoms with van der Waals surface area (Å²) in [5.41, 5.74) is -1.07. The highest BCUT2D eigenvalue weighted by Gasteiger charge is 2.43. The number of ether oxygens (including phenoxy) is 2. The summed E-state index contributed by atoms with van der Waals surface area (Å²) in [6, 6.07) is 13.3. The lowest BCUT2D eigenvalue weighted by Crippen LogP contribution is -2.61. The van der Waals surface area contributed by atoms with Gasteiger partial charge in [-0.15, -0.1) is 5.01 Å². The molecule has 3 amide bonds. The van der Waals surface area contributed by atoms with Crippen LogP contribution in [0, 0.1) is 5.92 Å². The molecule has 2 rings (SSSR count). The first kappa shape index (κ1) is 28.3. The molecule has 0 aliphatic heterocycles. The fourth-order valence-corrected chi connectivity index (χ4v) is 3.00. The molecule has 192 valence electrons. The molecule has 10 nitrogen and oxygen atoms in total. The van der Waals surface area contributed by atoms with E-state index in [2.05, 4.69) is 0 Å². The molecule has 1 unspecified atom stereocenters. The zero-order valence-electron chi connectivity index (χ0n) is 20.4. The van der Waals surface area contributed by atoms with Gasteiger partial charge in [-0.2, -0.15) is 0 Å². The van der Waals surface area contributed by atoms with Gasteiger partial charge < -0.3 is 14.6 Å². The van der Waals surface area contributed by atoms with Crippen molar-refractivity contribution in [1.29, 1.82) is 0 Å². The third-order valence-electron chi connectivity index (χ3n) is 4.61. The highest BCUT2D eigenvalue weighted by Crippen LogP contribution is 2.24. The van der Waals surface area contributed by atoms with E-state index in [0.717, 1.165) is 5.01 Å². The molecule has 0 fully saturated rings. The van der Waals surface area contributed by atoms with E-state index in [0.29, 0.717) is 10.0 Å². The zero-order chi connectivity index (χ0) is 27.2. The molecule has 0 aliphatic rings. The molecular weight excluding hydrogens is 492 g/mol. The second-order valence-electron chi connectivity index (χ2n) is 8.92. The molecule has 0 aliphatic carbocycles. The van der Waals surface area contributed by atoms with Crippen LogP contribution in [0.2, 0.25) is 5.02 Å². The first-order valence-electron chi connectivity index (χ1n) is 10.9. The molecule has 11 heteroatoms. The Kier molecular flexibility index (Phi) is 9.18. The summed E-state index contributed by atoms with van der Waals surface area (Å²) < 4.78 is 9.69. The highest BCUT2D eigenvalue weighted by molar-refractivity contribution is 6.30. The maximum atomic E-state index is 13.5. The Morgan fingerprint density at radius 1 is 0.833 bits per heavy atom. The van der Waals surface area contributed by atoms with E-state index in [1.165, 1.54) is 50.2 Å². The lowest BCUT2D eigenvalue weighted by atomic mass is 10.1. The number of nitrogens with zero attached hydrogens (tertiary/aromatic N) is 2. The Morgan fingerprint density at radius 3 is 1.83 bits per heavy atom. The van der Waals surface area contributed by atoms with E-state index in [1.54, 1.807) is 39.0 Å². The third kappa shape index (κ3) is 7.05. The zero-order valence-corrected chi connectivity index (χ0v) is 21.2. The van der Waals surface area contributed by atoms with Gasteiger partial charge in [0.25, 0.3) is 11.8 Å². The summed E-state index contributed by atoms with van der Waals surface area (Å²) in [6.07, 6.45) is -3.90. The summed E-state index contributed by atoms with van der Waals surface area (Å²) in [7, 11) is 0. The number of esters is 1. The molecule has 0 aromatic heterocycles. The average Bonchev–Trinajstić information content (AvgIpc) is 2.81. The second kappa shape index (κ2) is 11.7. The maximum Gasteiger partial charge on any atom is 0.440 e. The van der Waals surface area contributed by atoms with E-state index >= 15 is 0 Å². The van der Waals surface area contributed by atoms with Crippen LogP contribution in [0.25, 0.3) is 0 Å². The van der Waals surface area contributed by atoms with Gasteiger partial charge in [0.2, 0.25) is 0 Å². The third-order valence-corrected chi connectivity index (χ3v) is 4.86. The van der Waals surface area contributed by atoms with Crippen LogP contribution in [-0.4, -0.2) is 56.8 Å². The summed E-state index contributed by atoms with van der Waals surface area (Å²) in [5.74, 6) is -5.20. The van der Waals surface area contributed by atoms with Crippen LogP contribution < -0.4 is 0 Å². The molecule has 0 radical (unpaired) electrons. The summed E-state index contributed by atoms with van der Waals surface area (Å²) >= 11 is 5.91. The highest BCUT2D eigenvalue weighted by atomic mass is 35.5. The van der Waals surface area contributed by atoms with Gasteiger partial charge in [0, 0.05) is 16.1 Å². The van der Waals surface area contributed by atoms with Gasteiger partial charge in [-0.25, -0.2) is 14.6 Å². The van der Waals surface area contributed by atoms with Gasteiger partial charge in [0.15, 0.2) is 0 Å².